The molecule has 1 amide bonds. The van der Waals surface area contributed by atoms with Crippen molar-refractivity contribution >= 4 is 29.4 Å². The highest BCUT2D eigenvalue weighted by Gasteiger charge is 2.29. The van der Waals surface area contributed by atoms with Gasteiger partial charge in [0.2, 0.25) is 5.91 Å². The van der Waals surface area contributed by atoms with Crippen LogP contribution in [0.1, 0.15) is 31.2 Å². The number of carbonyl (C=O) groups excluding carboxylic acids is 1. The summed E-state index contributed by atoms with van der Waals surface area (Å²) in [6.45, 7) is 5.18. The van der Waals surface area contributed by atoms with Crippen LogP contribution in [0.25, 0.3) is 0 Å². The fourth-order valence-corrected chi connectivity index (χ4v) is 3.92. The van der Waals surface area contributed by atoms with E-state index in [4.69, 9.17) is 0 Å². The number of hydrogen-bond donors (Lipinski definition) is 0. The molecular weight excluding hydrogens is 274 g/mol. The average molecular weight is 295 g/mol. The first-order valence-electron chi connectivity index (χ1n) is 6.67. The molecule has 19 heavy (non-hydrogen) atoms. The minimum atomic E-state index is 0.194. The van der Waals surface area contributed by atoms with E-state index in [-0.39, 0.29) is 5.37 Å². The van der Waals surface area contributed by atoms with Gasteiger partial charge in [0, 0.05) is 23.6 Å². The van der Waals surface area contributed by atoms with E-state index in [1.165, 1.54) is 10.5 Å². The van der Waals surface area contributed by atoms with Crippen molar-refractivity contribution in [2.45, 2.75) is 30.5 Å². The fourth-order valence-electron chi connectivity index (χ4n) is 2.26. The Morgan fingerprint density at radius 2 is 2.05 bits per heavy atom. The molecule has 0 spiro atoms. The zero-order chi connectivity index (χ0) is 13.8. The number of thioether (sulfide) groups is 2. The second-order valence-corrected chi connectivity index (χ2v) is 7.25. The van der Waals surface area contributed by atoms with Crippen LogP contribution in [0.15, 0.2) is 29.2 Å². The molecule has 0 aliphatic carbocycles. The first-order valence-corrected chi connectivity index (χ1v) is 8.94. The molecule has 1 aromatic rings. The Morgan fingerprint density at radius 1 is 1.37 bits per heavy atom. The van der Waals surface area contributed by atoms with Crippen molar-refractivity contribution in [1.29, 1.82) is 0 Å². The molecule has 1 heterocycles. The summed E-state index contributed by atoms with van der Waals surface area (Å²) >= 11 is 3.63. The van der Waals surface area contributed by atoms with E-state index in [0.29, 0.717) is 18.2 Å². The smallest absolute Gasteiger partial charge is 0.224 e. The predicted molar refractivity (Wildman–Crippen MR) is 84.6 cm³/mol. The second kappa shape index (κ2) is 6.71. The first-order chi connectivity index (χ1) is 9.11. The monoisotopic (exact) mass is 295 g/mol. The summed E-state index contributed by atoms with van der Waals surface area (Å²) in [7, 11) is 0. The summed E-state index contributed by atoms with van der Waals surface area (Å²) in [6.07, 6.45) is 2.76. The number of hydrogen-bond acceptors (Lipinski definition) is 3. The maximum Gasteiger partial charge on any atom is 0.224 e. The Bertz CT molecular complexity index is 430. The molecule has 0 aromatic heterocycles. The summed E-state index contributed by atoms with van der Waals surface area (Å²) in [6, 6.07) is 8.62. The lowest BCUT2D eigenvalue weighted by molar-refractivity contribution is -0.132. The van der Waals surface area contributed by atoms with Gasteiger partial charge in [-0.15, -0.1) is 23.5 Å². The maximum absolute atomic E-state index is 12.1. The number of benzene rings is 1. The van der Waals surface area contributed by atoms with Gasteiger partial charge in [0.15, 0.2) is 0 Å². The van der Waals surface area contributed by atoms with Crippen LogP contribution >= 0.6 is 23.5 Å². The molecule has 104 valence electrons. The third-order valence-corrected chi connectivity index (χ3v) is 5.18. The number of amides is 1. The minimum absolute atomic E-state index is 0.194. The number of rotatable bonds is 4. The molecule has 1 aliphatic heterocycles. The molecule has 0 radical (unpaired) electrons. The van der Waals surface area contributed by atoms with Gasteiger partial charge in [0.25, 0.3) is 0 Å². The van der Waals surface area contributed by atoms with Crippen LogP contribution in [0.3, 0.4) is 0 Å². The average Bonchev–Trinajstić information content (AvgIpc) is 2.41. The van der Waals surface area contributed by atoms with Crippen molar-refractivity contribution in [3.05, 3.63) is 29.8 Å². The van der Waals surface area contributed by atoms with Gasteiger partial charge in [-0.05, 0) is 29.9 Å². The Morgan fingerprint density at radius 3 is 2.63 bits per heavy atom. The highest BCUT2D eigenvalue weighted by Crippen LogP contribution is 2.38. The van der Waals surface area contributed by atoms with E-state index in [2.05, 4.69) is 44.4 Å². The molecule has 0 bridgehead atoms. The van der Waals surface area contributed by atoms with Gasteiger partial charge >= 0.3 is 0 Å². The lowest BCUT2D eigenvalue weighted by Gasteiger charge is -2.36. The van der Waals surface area contributed by atoms with E-state index in [0.717, 1.165) is 12.3 Å². The van der Waals surface area contributed by atoms with E-state index < -0.39 is 0 Å². The molecule has 1 aliphatic rings. The van der Waals surface area contributed by atoms with Crippen LogP contribution < -0.4 is 0 Å². The molecule has 2 nitrogen and oxygen atoms in total. The quantitative estimate of drug-likeness (QED) is 0.782. The molecule has 4 heteroatoms. The van der Waals surface area contributed by atoms with Crippen molar-refractivity contribution in [2.24, 2.45) is 5.92 Å². The second-order valence-electron chi connectivity index (χ2n) is 5.19. The number of carbonyl (C=O) groups is 1. The van der Waals surface area contributed by atoms with Crippen molar-refractivity contribution in [3.63, 3.8) is 0 Å². The molecule has 0 saturated carbocycles. The van der Waals surface area contributed by atoms with E-state index in [1.54, 1.807) is 11.8 Å². The molecular formula is C15H21NOS2. The lowest BCUT2D eigenvalue weighted by atomic mass is 10.1. The summed E-state index contributed by atoms with van der Waals surface area (Å²) in [5.41, 5.74) is 1.25. The minimum Gasteiger partial charge on any atom is -0.326 e. The van der Waals surface area contributed by atoms with Gasteiger partial charge in [-0.25, -0.2) is 0 Å². The van der Waals surface area contributed by atoms with Crippen LogP contribution in [0.4, 0.5) is 0 Å². The highest BCUT2D eigenvalue weighted by atomic mass is 32.2. The summed E-state index contributed by atoms with van der Waals surface area (Å²) in [4.78, 5) is 15.5. The molecule has 1 fully saturated rings. The Labute approximate surface area is 124 Å². The highest BCUT2D eigenvalue weighted by molar-refractivity contribution is 7.99. The van der Waals surface area contributed by atoms with Gasteiger partial charge in [0.1, 0.15) is 5.37 Å². The van der Waals surface area contributed by atoms with Gasteiger partial charge in [-0.2, -0.15) is 0 Å². The van der Waals surface area contributed by atoms with Gasteiger partial charge in [-0.1, -0.05) is 26.0 Å². The Hall–Kier alpha value is -0.610. The predicted octanol–water partition coefficient (Wildman–Crippen LogP) is 4.03. The van der Waals surface area contributed by atoms with Gasteiger partial charge in [-0.3, -0.25) is 4.79 Å². The van der Waals surface area contributed by atoms with Gasteiger partial charge in [0.05, 0.1) is 0 Å². The van der Waals surface area contributed by atoms with E-state index >= 15 is 0 Å². The molecule has 1 unspecified atom stereocenters. The summed E-state index contributed by atoms with van der Waals surface area (Å²) in [5, 5.41) is 0.194. The molecule has 1 aromatic carbocycles. The van der Waals surface area contributed by atoms with E-state index in [1.807, 2.05) is 16.7 Å². The van der Waals surface area contributed by atoms with Crippen LogP contribution in [0.5, 0.6) is 0 Å². The van der Waals surface area contributed by atoms with Crippen LogP contribution in [-0.4, -0.2) is 29.4 Å². The SMILES string of the molecule is CSc1ccc(C2SCCC(=O)N2CC(C)C)cc1. The van der Waals surface area contributed by atoms with E-state index in [9.17, 15) is 4.79 Å². The van der Waals surface area contributed by atoms with Crippen molar-refractivity contribution in [3.8, 4) is 0 Å². The Kier molecular flexibility index (Phi) is 5.22. The normalized spacial score (nSPS) is 20.1. The topological polar surface area (TPSA) is 20.3 Å². The maximum atomic E-state index is 12.1. The lowest BCUT2D eigenvalue weighted by Crippen LogP contribution is -2.39. The molecule has 0 N–H and O–H groups in total. The zero-order valence-corrected chi connectivity index (χ0v) is 13.4. The first kappa shape index (κ1) is 14.8. The standard InChI is InChI=1S/C15H21NOS2/c1-11(2)10-16-14(17)8-9-19-15(16)12-4-6-13(18-3)7-5-12/h4-7,11,15H,8-10H2,1-3H3. The van der Waals surface area contributed by atoms with Crippen molar-refractivity contribution in [2.75, 3.05) is 18.6 Å². The number of nitrogens with zero attached hydrogens (tertiary/aromatic N) is 1. The van der Waals surface area contributed by atoms with Crippen LogP contribution in [0, 0.1) is 5.92 Å². The summed E-state index contributed by atoms with van der Waals surface area (Å²) in [5.74, 6) is 1.74. The molecule has 1 saturated heterocycles. The van der Waals surface area contributed by atoms with Gasteiger partial charge < -0.3 is 4.90 Å². The third kappa shape index (κ3) is 3.69. The van der Waals surface area contributed by atoms with Crippen LogP contribution in [0.2, 0.25) is 0 Å². The third-order valence-electron chi connectivity index (χ3n) is 3.16. The molecule has 2 rings (SSSR count). The van der Waals surface area contributed by atoms with Crippen molar-refractivity contribution < 1.29 is 4.79 Å². The van der Waals surface area contributed by atoms with Crippen LogP contribution in [-0.2, 0) is 4.79 Å². The zero-order valence-electron chi connectivity index (χ0n) is 11.8. The summed E-state index contributed by atoms with van der Waals surface area (Å²) < 4.78 is 0. The molecule has 1 atom stereocenters. The Balaban J connectivity index is 2.20. The largest absolute Gasteiger partial charge is 0.326 e. The van der Waals surface area contributed by atoms with Crippen molar-refractivity contribution in [1.82, 2.24) is 4.90 Å². The fraction of sp³-hybridized carbons (Fsp3) is 0.533.